The molecule has 5 nitrogen and oxygen atoms in total. The van der Waals surface area contributed by atoms with Crippen molar-refractivity contribution in [2.75, 3.05) is 5.75 Å². The number of amides is 1. The number of thioether (sulfide) groups is 1. The lowest BCUT2D eigenvalue weighted by atomic mass is 9.82. The van der Waals surface area contributed by atoms with Crippen LogP contribution in [0.15, 0.2) is 12.2 Å². The molecule has 1 heterocycles. The fraction of sp³-hybridized carbons (Fsp3) is 0.615. The number of rotatable bonds is 3. The van der Waals surface area contributed by atoms with Crippen molar-refractivity contribution in [1.82, 2.24) is 5.32 Å². The minimum Gasteiger partial charge on any atom is -0.481 e. The van der Waals surface area contributed by atoms with Gasteiger partial charge in [-0.1, -0.05) is 23.9 Å². The molecule has 2 bridgehead atoms. The summed E-state index contributed by atoms with van der Waals surface area (Å²) in [5.74, 6) is -1.65. The number of fused-ring (bicyclic) bond motifs is 2. The zero-order valence-corrected chi connectivity index (χ0v) is 11.1. The fourth-order valence-electron chi connectivity index (χ4n) is 3.41. The molecule has 1 saturated heterocycles. The zero-order chi connectivity index (χ0) is 13.6. The second-order valence-electron chi connectivity index (χ2n) is 5.36. The molecule has 1 aliphatic heterocycles. The molecule has 1 saturated carbocycles. The zero-order valence-electron chi connectivity index (χ0n) is 10.2. The van der Waals surface area contributed by atoms with Gasteiger partial charge in [-0.25, -0.2) is 0 Å². The number of nitrogens with one attached hydrogen (secondary N) is 1. The number of carbonyl (C=O) groups is 3. The van der Waals surface area contributed by atoms with Gasteiger partial charge in [0.25, 0.3) is 0 Å². The van der Waals surface area contributed by atoms with Crippen LogP contribution in [-0.4, -0.2) is 33.9 Å². The van der Waals surface area contributed by atoms with E-state index in [2.05, 4.69) is 5.32 Å². The Hall–Kier alpha value is -1.30. The van der Waals surface area contributed by atoms with Crippen LogP contribution in [0, 0.1) is 23.7 Å². The Bertz CT molecular complexity index is 475. The normalized spacial score (nSPS) is 39.8. The maximum atomic E-state index is 12.3. The third kappa shape index (κ3) is 2.08. The summed E-state index contributed by atoms with van der Waals surface area (Å²) in [5.41, 5.74) is 0. The first-order valence-electron chi connectivity index (χ1n) is 6.46. The van der Waals surface area contributed by atoms with Crippen LogP contribution < -0.4 is 5.32 Å². The highest BCUT2D eigenvalue weighted by Crippen LogP contribution is 2.48. The first kappa shape index (κ1) is 12.7. The fourth-order valence-corrected chi connectivity index (χ4v) is 4.34. The SMILES string of the molecule is O=C1SCCC1NC(=O)C1C2C=CC(C2)C1C(=O)O. The average Bonchev–Trinajstić information content (AvgIpc) is 3.04. The summed E-state index contributed by atoms with van der Waals surface area (Å²) in [7, 11) is 0. The quantitative estimate of drug-likeness (QED) is 0.742. The van der Waals surface area contributed by atoms with Crippen LogP contribution >= 0.6 is 11.8 Å². The van der Waals surface area contributed by atoms with Gasteiger partial charge in [0, 0.05) is 5.75 Å². The number of allylic oxidation sites excluding steroid dienone is 2. The smallest absolute Gasteiger partial charge is 0.307 e. The van der Waals surface area contributed by atoms with Crippen molar-refractivity contribution in [3.8, 4) is 0 Å². The first-order chi connectivity index (χ1) is 9.08. The van der Waals surface area contributed by atoms with Gasteiger partial charge in [0.15, 0.2) is 0 Å². The molecular weight excluding hydrogens is 266 g/mol. The molecule has 102 valence electrons. The van der Waals surface area contributed by atoms with Crippen LogP contribution in [0.3, 0.4) is 0 Å². The van der Waals surface area contributed by atoms with Crippen LogP contribution in [0.1, 0.15) is 12.8 Å². The maximum Gasteiger partial charge on any atom is 0.307 e. The first-order valence-corrected chi connectivity index (χ1v) is 7.44. The summed E-state index contributed by atoms with van der Waals surface area (Å²) in [6.07, 6.45) is 5.23. The number of carboxylic acid groups (broad SMARTS) is 1. The Morgan fingerprint density at radius 3 is 2.53 bits per heavy atom. The summed E-state index contributed by atoms with van der Waals surface area (Å²) < 4.78 is 0. The van der Waals surface area contributed by atoms with Crippen LogP contribution in [0.5, 0.6) is 0 Å². The van der Waals surface area contributed by atoms with Gasteiger partial charge >= 0.3 is 5.97 Å². The molecular formula is C13H15NO4S. The van der Waals surface area contributed by atoms with Crippen molar-refractivity contribution in [2.45, 2.75) is 18.9 Å². The van der Waals surface area contributed by atoms with Crippen molar-refractivity contribution < 1.29 is 19.5 Å². The van der Waals surface area contributed by atoms with Gasteiger partial charge in [0.05, 0.1) is 17.9 Å². The molecule has 5 atom stereocenters. The van der Waals surface area contributed by atoms with Crippen molar-refractivity contribution in [1.29, 1.82) is 0 Å². The van der Waals surface area contributed by atoms with E-state index in [0.717, 1.165) is 12.2 Å². The molecule has 2 N–H and O–H groups in total. The van der Waals surface area contributed by atoms with Crippen LogP contribution in [0.2, 0.25) is 0 Å². The average molecular weight is 281 g/mol. The standard InChI is InChI=1S/C13H15NO4S/c15-11(14-8-3-4-19-13(8)18)9-6-1-2-7(5-6)10(9)12(16)17/h1-2,6-10H,3-5H2,(H,14,15)(H,16,17). The molecule has 0 aromatic rings. The van der Waals surface area contributed by atoms with Gasteiger partial charge in [-0.3, -0.25) is 14.4 Å². The largest absolute Gasteiger partial charge is 0.481 e. The van der Waals surface area contributed by atoms with E-state index in [9.17, 15) is 19.5 Å². The summed E-state index contributed by atoms with van der Waals surface area (Å²) in [6, 6.07) is -0.435. The van der Waals surface area contributed by atoms with E-state index in [1.807, 2.05) is 12.2 Å². The highest BCUT2D eigenvalue weighted by Gasteiger charge is 2.52. The molecule has 0 spiro atoms. The van der Waals surface area contributed by atoms with Gasteiger partial charge in [0.1, 0.15) is 0 Å². The summed E-state index contributed by atoms with van der Waals surface area (Å²) in [5, 5.41) is 12.0. The van der Waals surface area contributed by atoms with Crippen molar-refractivity contribution >= 4 is 28.8 Å². The Labute approximate surface area is 114 Å². The maximum absolute atomic E-state index is 12.3. The minimum absolute atomic E-state index is 0.00950. The summed E-state index contributed by atoms with van der Waals surface area (Å²) >= 11 is 1.23. The van der Waals surface area contributed by atoms with Crippen LogP contribution in [0.25, 0.3) is 0 Å². The van der Waals surface area contributed by atoms with E-state index >= 15 is 0 Å². The molecule has 6 heteroatoms. The lowest BCUT2D eigenvalue weighted by Gasteiger charge is -2.25. The second-order valence-corrected chi connectivity index (χ2v) is 6.45. The number of carbonyl (C=O) groups excluding carboxylic acids is 2. The van der Waals surface area contributed by atoms with Gasteiger partial charge in [-0.2, -0.15) is 0 Å². The van der Waals surface area contributed by atoms with Gasteiger partial charge in [-0.05, 0) is 24.7 Å². The second kappa shape index (κ2) is 4.67. The summed E-state index contributed by atoms with van der Waals surface area (Å²) in [6.45, 7) is 0. The molecule has 3 aliphatic rings. The number of carboxylic acids is 1. The topological polar surface area (TPSA) is 83.5 Å². The van der Waals surface area contributed by atoms with Crippen LogP contribution in [0.4, 0.5) is 0 Å². The van der Waals surface area contributed by atoms with Crippen LogP contribution in [-0.2, 0) is 14.4 Å². The van der Waals surface area contributed by atoms with Crippen molar-refractivity contribution in [2.24, 2.45) is 23.7 Å². The third-order valence-corrected chi connectivity index (χ3v) is 5.31. The molecule has 2 fully saturated rings. The Morgan fingerprint density at radius 1 is 1.26 bits per heavy atom. The molecule has 0 aromatic carbocycles. The van der Waals surface area contributed by atoms with E-state index in [1.165, 1.54) is 11.8 Å². The monoisotopic (exact) mass is 281 g/mol. The van der Waals surface area contributed by atoms with E-state index in [1.54, 1.807) is 0 Å². The molecule has 2 aliphatic carbocycles. The summed E-state index contributed by atoms with van der Waals surface area (Å²) in [4.78, 5) is 35.1. The number of hydrogen-bond acceptors (Lipinski definition) is 4. The molecule has 3 rings (SSSR count). The molecule has 19 heavy (non-hydrogen) atoms. The molecule has 0 radical (unpaired) electrons. The predicted octanol–water partition coefficient (Wildman–Crippen LogP) is 0.658. The van der Waals surface area contributed by atoms with Crippen molar-refractivity contribution in [3.05, 3.63) is 12.2 Å². The van der Waals surface area contributed by atoms with E-state index < -0.39 is 23.8 Å². The van der Waals surface area contributed by atoms with E-state index in [4.69, 9.17) is 0 Å². The predicted molar refractivity (Wildman–Crippen MR) is 69.4 cm³/mol. The van der Waals surface area contributed by atoms with E-state index in [0.29, 0.717) is 6.42 Å². The number of aliphatic carboxylic acids is 1. The third-order valence-electron chi connectivity index (χ3n) is 4.30. The highest BCUT2D eigenvalue weighted by molar-refractivity contribution is 8.14. The minimum atomic E-state index is -0.913. The molecule has 1 amide bonds. The number of hydrogen-bond donors (Lipinski definition) is 2. The molecule has 0 aromatic heterocycles. The van der Waals surface area contributed by atoms with E-state index in [-0.39, 0.29) is 22.9 Å². The van der Waals surface area contributed by atoms with Gasteiger partial charge < -0.3 is 10.4 Å². The lowest BCUT2D eigenvalue weighted by molar-refractivity contribution is -0.148. The highest BCUT2D eigenvalue weighted by atomic mass is 32.2. The Morgan fingerprint density at radius 2 is 1.95 bits per heavy atom. The Kier molecular flexibility index (Phi) is 3.12. The Balaban J connectivity index is 1.73. The lowest BCUT2D eigenvalue weighted by Crippen LogP contribution is -2.45. The van der Waals surface area contributed by atoms with Gasteiger partial charge in [0.2, 0.25) is 11.0 Å². The molecule has 5 unspecified atom stereocenters. The van der Waals surface area contributed by atoms with Gasteiger partial charge in [-0.15, -0.1) is 0 Å². The van der Waals surface area contributed by atoms with Crippen molar-refractivity contribution in [3.63, 3.8) is 0 Å².